The zero-order chi connectivity index (χ0) is 59.1. The van der Waals surface area contributed by atoms with E-state index < -0.39 is 105 Å². The second-order valence-corrected chi connectivity index (χ2v) is 25.1. The van der Waals surface area contributed by atoms with E-state index in [9.17, 15) is 115 Å². The Morgan fingerprint density at radius 1 is 0.554 bits per heavy atom. The number of carbonyl (C=O) groups is 2. The summed E-state index contributed by atoms with van der Waals surface area (Å²) in [5.74, 6) is -0.906. The monoisotopic (exact) mass is 1170 g/mol. The summed E-state index contributed by atoms with van der Waals surface area (Å²) in [6.45, 7) is 8.54. The second kappa shape index (κ2) is 34.9. The number of hydrogen-bond donors (Lipinski definition) is 0. The van der Waals surface area contributed by atoms with Crippen molar-refractivity contribution in [3.63, 3.8) is 0 Å². The molecule has 74 heavy (non-hydrogen) atoms. The van der Waals surface area contributed by atoms with Gasteiger partial charge < -0.3 is 9.64 Å². The predicted octanol–water partition coefficient (Wildman–Crippen LogP) is 16.3. The van der Waals surface area contributed by atoms with Gasteiger partial charge in [0.15, 0.2) is 13.3 Å². The van der Waals surface area contributed by atoms with Gasteiger partial charge in [-0.15, -0.1) is 47.1 Å². The molecule has 0 saturated heterocycles. The lowest BCUT2D eigenvalue weighted by molar-refractivity contribution is -0.485. The number of hydrogen-bond acceptors (Lipinski definition) is 6. The summed E-state index contributed by atoms with van der Waals surface area (Å²) >= 11 is 0. The van der Waals surface area contributed by atoms with Gasteiger partial charge >= 0.3 is 49.4 Å². The van der Waals surface area contributed by atoms with Crippen molar-refractivity contribution in [3.8, 4) is 0 Å². The fourth-order valence-corrected chi connectivity index (χ4v) is 6.80. The number of anilines is 2. The van der Waals surface area contributed by atoms with Crippen molar-refractivity contribution in [3.05, 3.63) is 85.2 Å². The average molecular weight is 1170 g/mol. The van der Waals surface area contributed by atoms with Crippen LogP contribution < -0.4 is 9.80 Å². The molecule has 0 unspecified atom stereocenters. The van der Waals surface area contributed by atoms with Crippen molar-refractivity contribution >= 4 is 39.6 Å². The van der Waals surface area contributed by atoms with Crippen molar-refractivity contribution in [1.29, 1.82) is 0 Å². The summed E-state index contributed by atoms with van der Waals surface area (Å²) in [7, 11) is -2.90. The number of alkyl halides is 21. The van der Waals surface area contributed by atoms with Gasteiger partial charge in [0.05, 0.1) is 16.1 Å². The van der Waals surface area contributed by atoms with E-state index in [0.717, 1.165) is 18.5 Å². The number of ether oxygens (including phenoxy) is 2. The first-order valence-corrected chi connectivity index (χ1v) is 26.5. The van der Waals surface area contributed by atoms with Crippen LogP contribution in [0, 0.1) is 0 Å². The van der Waals surface area contributed by atoms with Crippen molar-refractivity contribution < 1.29 is 135 Å². The molecule has 0 bridgehead atoms. The van der Waals surface area contributed by atoms with Crippen LogP contribution >= 0.6 is 0 Å². The Hall–Kier alpha value is -4.55. The number of rotatable bonds is 19. The van der Waals surface area contributed by atoms with Crippen LogP contribution in [0.3, 0.4) is 0 Å². The number of amides is 2. The Bertz CT molecular complexity index is 1800. The number of carbonyl (C=O) groups excluding carboxylic acids is 2. The number of benzene rings is 2. The Balaban J connectivity index is -0.000000426. The molecule has 0 spiro atoms. The van der Waals surface area contributed by atoms with E-state index in [-0.39, 0.29) is 0 Å². The smallest absolute Gasteiger partial charge is 0.312 e. The maximum Gasteiger partial charge on any atom is 0.522 e. The molecule has 0 saturated carbocycles. The van der Waals surface area contributed by atoms with E-state index in [1.54, 1.807) is 54.6 Å². The molecule has 0 atom stereocenters. The molecule has 2 aromatic rings. The lowest BCUT2D eigenvalue weighted by Crippen LogP contribution is -2.45. The van der Waals surface area contributed by atoms with E-state index in [2.05, 4.69) is 53.8 Å². The lowest BCUT2D eigenvalue weighted by atomic mass is 10.2. The van der Waals surface area contributed by atoms with Crippen LogP contribution in [0.5, 0.6) is 0 Å². The van der Waals surface area contributed by atoms with E-state index in [1.807, 2.05) is 17.5 Å². The molecular weight excluding hydrogens is 1120 g/mol. The molecule has 0 aliphatic carbocycles. The summed E-state index contributed by atoms with van der Waals surface area (Å²) in [6.07, 6.45) is -37.3. The van der Waals surface area contributed by atoms with Crippen LogP contribution in [0.1, 0.15) is 19.3 Å². The van der Waals surface area contributed by atoms with Crippen LogP contribution in [-0.2, 0) is 24.2 Å². The molecule has 34 heteroatoms. The third-order valence-electron chi connectivity index (χ3n) is 7.96. The molecule has 0 aliphatic rings. The Morgan fingerprint density at radius 3 is 1.15 bits per heavy atom. The average Bonchev–Trinajstić information content (AvgIpc) is 3.28. The molecule has 0 N–H and O–H groups in total. The standard InChI is InChI=1S/C16H22F3NOSi.C14H20FNOSi.C4H2F8O2.C3H2F6O.C2H2F4.CH2F2O/c1-4-22(2,3)12-8-11-20(14-9-6-5-7-10-14)15(21)13-16(17,18)19;1-4-18(2,3)12-8-11-16(14(15)17)13-9-6-5-7-10-13;5-2(6,7)1-13-3(8,9)4(10,11)14-12;4-2(5,6)1-10-3(7,8)9;3-1-2(4,5)6;2-1-4-3/h4-7,9-10H,1,8,11-13H2,2-3H3;4-7,9-10H,1,8,11-12H2,2-3H3;1H2;1H2;1H2;1H2. The molecule has 2 amide bonds. The van der Waals surface area contributed by atoms with Gasteiger partial charge in [-0.05, 0) is 46.2 Å². The largest absolute Gasteiger partial charge is 0.522 e. The van der Waals surface area contributed by atoms with Gasteiger partial charge in [0.1, 0.15) is 13.0 Å². The van der Waals surface area contributed by atoms with Crippen molar-refractivity contribution in [2.45, 2.75) is 101 Å². The SMILES string of the molecule is C=C[Si](C)(C)CCCN(C(=O)CC(F)(F)F)c1ccccc1.C=C[Si](C)(C)CCCN(C(=O)F)c1ccccc1.FC(F)(F)COC(F)(F)F.FCC(F)(F)F.FCOF.FOC(F)(F)C(F)(F)OCC(F)(F)F. The quantitative estimate of drug-likeness (QED) is 0.0604. The lowest BCUT2D eigenvalue weighted by Gasteiger charge is -2.25. The molecule has 0 aliphatic heterocycles. The first kappa shape index (κ1) is 76.0. The normalized spacial score (nSPS) is 12.3. The highest BCUT2D eigenvalue weighted by molar-refractivity contribution is 6.82. The molecule has 432 valence electrons. The van der Waals surface area contributed by atoms with Crippen LogP contribution in [0.15, 0.2) is 85.2 Å². The molecule has 0 heterocycles. The number of para-hydroxylation sites is 2. The topological polar surface area (TPSA) is 77.5 Å². The molecule has 2 rings (SSSR count). The zero-order valence-corrected chi connectivity index (χ0v) is 41.0. The third-order valence-corrected chi connectivity index (χ3v) is 13.5. The Labute approximate surface area is 409 Å². The fraction of sp³-hybridized carbons (Fsp3) is 0.550. The fourth-order valence-electron chi connectivity index (χ4n) is 4.25. The molecule has 2 aromatic carbocycles. The Morgan fingerprint density at radius 2 is 0.892 bits per heavy atom. The van der Waals surface area contributed by atoms with E-state index in [1.165, 1.54) is 14.7 Å². The van der Waals surface area contributed by atoms with Gasteiger partial charge in [-0.25, -0.2) is 13.6 Å². The summed E-state index contributed by atoms with van der Waals surface area (Å²) < 4.78 is 274. The zero-order valence-electron chi connectivity index (χ0n) is 39.0. The second-order valence-electron chi connectivity index (χ2n) is 15.3. The van der Waals surface area contributed by atoms with Crippen molar-refractivity contribution in [1.82, 2.24) is 0 Å². The summed E-state index contributed by atoms with van der Waals surface area (Å²) in [6, 6.07) is 19.3. The number of halogens is 24. The maximum absolute atomic E-state index is 13.0. The highest BCUT2D eigenvalue weighted by Gasteiger charge is 2.62. The van der Waals surface area contributed by atoms with Gasteiger partial charge in [0, 0.05) is 24.5 Å². The first-order valence-electron chi connectivity index (χ1n) is 20.0. The Kier molecular flexibility index (Phi) is 35.8. The summed E-state index contributed by atoms with van der Waals surface area (Å²) in [4.78, 5) is 29.3. The molecule has 8 nitrogen and oxygen atoms in total. The summed E-state index contributed by atoms with van der Waals surface area (Å²) in [5, 5.41) is 0. The van der Waals surface area contributed by atoms with Gasteiger partial charge in [0.25, 0.3) is 0 Å². The highest BCUT2D eigenvalue weighted by atomic mass is 28.3. The van der Waals surface area contributed by atoms with Crippen LogP contribution in [-0.4, -0.2) is 111 Å². The van der Waals surface area contributed by atoms with Crippen LogP contribution in [0.4, 0.5) is 122 Å². The molecule has 0 aromatic heterocycles. The van der Waals surface area contributed by atoms with Crippen LogP contribution in [0.2, 0.25) is 38.3 Å². The van der Waals surface area contributed by atoms with E-state index in [4.69, 9.17) is 0 Å². The third kappa shape index (κ3) is 43.8. The molecule has 0 radical (unpaired) electrons. The van der Waals surface area contributed by atoms with E-state index in [0.29, 0.717) is 30.9 Å². The minimum Gasteiger partial charge on any atom is -0.312 e. The van der Waals surface area contributed by atoms with Gasteiger partial charge in [-0.3, -0.25) is 14.4 Å². The van der Waals surface area contributed by atoms with Gasteiger partial charge in [0.2, 0.25) is 12.8 Å². The van der Waals surface area contributed by atoms with Gasteiger partial charge in [-0.1, -0.05) is 74.7 Å². The molecule has 0 fully saturated rings. The minimum atomic E-state index is -5.77. The van der Waals surface area contributed by atoms with Gasteiger partial charge in [-0.2, -0.15) is 75.2 Å². The minimum absolute atomic E-state index is 0.295. The first-order chi connectivity index (χ1) is 33.3. The van der Waals surface area contributed by atoms with E-state index >= 15 is 0 Å². The number of nitrogens with zero attached hydrogens (tertiary/aromatic N) is 2. The summed E-state index contributed by atoms with van der Waals surface area (Å²) in [5.41, 5.74) is 5.10. The maximum atomic E-state index is 13.0. The highest BCUT2D eigenvalue weighted by Crippen LogP contribution is 2.37. The van der Waals surface area contributed by atoms with Crippen LogP contribution in [0.25, 0.3) is 0 Å². The van der Waals surface area contributed by atoms with Crippen molar-refractivity contribution in [2.24, 2.45) is 0 Å². The molecular formula is C40H50F24N2O6Si2. The van der Waals surface area contributed by atoms with Crippen molar-refractivity contribution in [2.75, 3.05) is 49.6 Å². The predicted molar refractivity (Wildman–Crippen MR) is 226 cm³/mol.